The Balaban J connectivity index is 1.63. The number of aryl methyl sites for hydroxylation is 1. The van der Waals surface area contributed by atoms with Crippen molar-refractivity contribution in [1.82, 2.24) is 24.8 Å². The molecule has 0 fully saturated rings. The molecule has 1 aromatic carbocycles. The van der Waals surface area contributed by atoms with Gasteiger partial charge in [0.1, 0.15) is 17.3 Å². The lowest BCUT2D eigenvalue weighted by Gasteiger charge is -2.06. The first kappa shape index (κ1) is 15.2. The second kappa shape index (κ2) is 6.27. The van der Waals surface area contributed by atoms with Crippen LogP contribution in [0.15, 0.2) is 54.7 Å². The van der Waals surface area contributed by atoms with Gasteiger partial charge in [0.25, 0.3) is 0 Å². The molecule has 3 heterocycles. The van der Waals surface area contributed by atoms with E-state index in [0.717, 1.165) is 11.1 Å². The largest absolute Gasteiger partial charge is 0.365 e. The molecule has 0 saturated heterocycles. The van der Waals surface area contributed by atoms with Crippen LogP contribution in [0.3, 0.4) is 0 Å². The Morgan fingerprint density at radius 2 is 2.00 bits per heavy atom. The van der Waals surface area contributed by atoms with Crippen molar-refractivity contribution in [3.63, 3.8) is 0 Å². The predicted molar refractivity (Wildman–Crippen MR) is 92.5 cm³/mol. The van der Waals surface area contributed by atoms with Gasteiger partial charge in [-0.2, -0.15) is 4.52 Å². The predicted octanol–water partition coefficient (Wildman–Crippen LogP) is 3.25. The first-order chi connectivity index (χ1) is 12.2. The monoisotopic (exact) mass is 334 g/mol. The standard InChI is InChI=1S/C18H15FN6/c1-12-5-6-15(20-10-12)18-23-22-17-8-7-16(24-25(17)18)21-11-13-3-2-4-14(19)9-13/h2-10H,11H2,1H3,(H,21,24). The summed E-state index contributed by atoms with van der Waals surface area (Å²) in [6.45, 7) is 2.45. The summed E-state index contributed by atoms with van der Waals surface area (Å²) in [7, 11) is 0. The SMILES string of the molecule is Cc1ccc(-c2nnc3ccc(NCc4cccc(F)c4)nn23)nc1. The molecule has 0 aliphatic rings. The van der Waals surface area contributed by atoms with E-state index < -0.39 is 0 Å². The number of nitrogens with zero attached hydrogens (tertiary/aromatic N) is 5. The van der Waals surface area contributed by atoms with Gasteiger partial charge in [-0.1, -0.05) is 18.2 Å². The molecule has 4 rings (SSSR count). The van der Waals surface area contributed by atoms with Gasteiger partial charge in [0.2, 0.25) is 5.82 Å². The summed E-state index contributed by atoms with van der Waals surface area (Å²) in [5.41, 5.74) is 3.25. The van der Waals surface area contributed by atoms with Crippen molar-refractivity contribution in [3.8, 4) is 11.5 Å². The summed E-state index contributed by atoms with van der Waals surface area (Å²) in [5.74, 6) is 0.962. The molecule has 6 nitrogen and oxygen atoms in total. The maximum Gasteiger partial charge on any atom is 0.203 e. The normalized spacial score (nSPS) is 11.0. The lowest BCUT2D eigenvalue weighted by molar-refractivity contribution is 0.626. The zero-order valence-corrected chi connectivity index (χ0v) is 13.5. The minimum absolute atomic E-state index is 0.255. The third-order valence-corrected chi connectivity index (χ3v) is 3.77. The lowest BCUT2D eigenvalue weighted by atomic mass is 10.2. The van der Waals surface area contributed by atoms with Crippen LogP contribution in [0.2, 0.25) is 0 Å². The second-order valence-electron chi connectivity index (χ2n) is 5.72. The van der Waals surface area contributed by atoms with Crippen molar-refractivity contribution in [2.24, 2.45) is 0 Å². The van der Waals surface area contributed by atoms with Gasteiger partial charge in [-0.25, -0.2) is 4.39 Å². The Hall–Kier alpha value is -3.35. The van der Waals surface area contributed by atoms with Crippen LogP contribution in [0.25, 0.3) is 17.2 Å². The molecular formula is C18H15FN6. The first-order valence-corrected chi connectivity index (χ1v) is 7.83. The van der Waals surface area contributed by atoms with Crippen LogP contribution in [-0.4, -0.2) is 24.8 Å². The third kappa shape index (κ3) is 3.16. The zero-order chi connectivity index (χ0) is 17.2. The minimum Gasteiger partial charge on any atom is -0.365 e. The molecule has 0 amide bonds. The summed E-state index contributed by atoms with van der Waals surface area (Å²) in [6.07, 6.45) is 1.78. The molecule has 0 radical (unpaired) electrons. The number of benzene rings is 1. The number of anilines is 1. The van der Waals surface area contributed by atoms with Gasteiger partial charge in [0.15, 0.2) is 5.65 Å². The lowest BCUT2D eigenvalue weighted by Crippen LogP contribution is -2.05. The maximum absolute atomic E-state index is 13.3. The van der Waals surface area contributed by atoms with Gasteiger partial charge in [-0.15, -0.1) is 15.3 Å². The summed E-state index contributed by atoms with van der Waals surface area (Å²) in [4.78, 5) is 4.38. The molecule has 0 bridgehead atoms. The molecule has 7 heteroatoms. The molecule has 124 valence electrons. The summed E-state index contributed by atoms with van der Waals surface area (Å²) >= 11 is 0. The van der Waals surface area contributed by atoms with E-state index in [1.54, 1.807) is 16.8 Å². The molecule has 1 N–H and O–H groups in total. The quantitative estimate of drug-likeness (QED) is 0.620. The van der Waals surface area contributed by atoms with Gasteiger partial charge in [-0.3, -0.25) is 4.98 Å². The highest BCUT2D eigenvalue weighted by atomic mass is 19.1. The Kier molecular flexibility index (Phi) is 3.81. The Labute approximate surface area is 143 Å². The van der Waals surface area contributed by atoms with E-state index in [1.165, 1.54) is 12.1 Å². The van der Waals surface area contributed by atoms with Gasteiger partial charge in [-0.05, 0) is 48.4 Å². The number of aromatic nitrogens is 5. The third-order valence-electron chi connectivity index (χ3n) is 3.77. The van der Waals surface area contributed by atoms with Crippen LogP contribution in [0.5, 0.6) is 0 Å². The smallest absolute Gasteiger partial charge is 0.203 e. The van der Waals surface area contributed by atoms with Crippen LogP contribution in [0.1, 0.15) is 11.1 Å². The Morgan fingerprint density at radius 3 is 2.80 bits per heavy atom. The molecule has 0 spiro atoms. The summed E-state index contributed by atoms with van der Waals surface area (Å²) in [6, 6.07) is 14.0. The fourth-order valence-electron chi connectivity index (χ4n) is 2.48. The number of pyridine rings is 1. The Bertz CT molecular complexity index is 1030. The van der Waals surface area contributed by atoms with Crippen molar-refractivity contribution in [2.45, 2.75) is 13.5 Å². The van der Waals surface area contributed by atoms with Crippen LogP contribution >= 0.6 is 0 Å². The highest BCUT2D eigenvalue weighted by Crippen LogP contribution is 2.17. The second-order valence-corrected chi connectivity index (χ2v) is 5.72. The fraction of sp³-hybridized carbons (Fsp3) is 0.111. The van der Waals surface area contributed by atoms with E-state index >= 15 is 0 Å². The molecule has 4 aromatic rings. The van der Waals surface area contributed by atoms with Crippen molar-refractivity contribution in [1.29, 1.82) is 0 Å². The van der Waals surface area contributed by atoms with E-state index in [4.69, 9.17) is 0 Å². The molecule has 0 aliphatic carbocycles. The molecule has 0 atom stereocenters. The van der Waals surface area contributed by atoms with Crippen molar-refractivity contribution < 1.29 is 4.39 Å². The maximum atomic E-state index is 13.3. The van der Waals surface area contributed by atoms with Crippen molar-refractivity contribution >= 4 is 11.5 Å². The summed E-state index contributed by atoms with van der Waals surface area (Å²) in [5, 5.41) is 16.0. The van der Waals surface area contributed by atoms with E-state index in [0.29, 0.717) is 29.5 Å². The average molecular weight is 334 g/mol. The number of rotatable bonds is 4. The molecule has 0 aliphatic heterocycles. The molecule has 0 unspecified atom stereocenters. The zero-order valence-electron chi connectivity index (χ0n) is 13.5. The number of hydrogen-bond donors (Lipinski definition) is 1. The average Bonchev–Trinajstić information content (AvgIpc) is 3.04. The van der Waals surface area contributed by atoms with Crippen LogP contribution in [-0.2, 0) is 6.54 Å². The first-order valence-electron chi connectivity index (χ1n) is 7.83. The van der Waals surface area contributed by atoms with E-state index in [9.17, 15) is 4.39 Å². The highest BCUT2D eigenvalue weighted by molar-refractivity contribution is 5.56. The molecular weight excluding hydrogens is 319 g/mol. The number of nitrogens with one attached hydrogen (secondary N) is 1. The van der Waals surface area contributed by atoms with Crippen LogP contribution in [0, 0.1) is 12.7 Å². The van der Waals surface area contributed by atoms with Gasteiger partial charge >= 0.3 is 0 Å². The van der Waals surface area contributed by atoms with E-state index in [-0.39, 0.29) is 5.82 Å². The summed E-state index contributed by atoms with van der Waals surface area (Å²) < 4.78 is 14.9. The highest BCUT2D eigenvalue weighted by Gasteiger charge is 2.11. The van der Waals surface area contributed by atoms with Crippen LogP contribution < -0.4 is 5.32 Å². The van der Waals surface area contributed by atoms with Crippen molar-refractivity contribution in [3.05, 3.63) is 71.7 Å². The Morgan fingerprint density at radius 1 is 1.08 bits per heavy atom. The topological polar surface area (TPSA) is 68.0 Å². The number of fused-ring (bicyclic) bond motifs is 1. The van der Waals surface area contributed by atoms with Gasteiger partial charge < -0.3 is 5.32 Å². The van der Waals surface area contributed by atoms with E-state index in [1.807, 2.05) is 37.3 Å². The molecule has 3 aromatic heterocycles. The van der Waals surface area contributed by atoms with Gasteiger partial charge in [0, 0.05) is 12.7 Å². The number of hydrogen-bond acceptors (Lipinski definition) is 5. The number of halogens is 1. The molecule has 0 saturated carbocycles. The fourth-order valence-corrected chi connectivity index (χ4v) is 2.48. The van der Waals surface area contributed by atoms with E-state index in [2.05, 4.69) is 25.6 Å². The molecule has 25 heavy (non-hydrogen) atoms. The van der Waals surface area contributed by atoms with Crippen LogP contribution in [0.4, 0.5) is 10.2 Å². The van der Waals surface area contributed by atoms with Crippen molar-refractivity contribution in [2.75, 3.05) is 5.32 Å². The van der Waals surface area contributed by atoms with Gasteiger partial charge in [0.05, 0.1) is 0 Å². The minimum atomic E-state index is -0.255.